The van der Waals surface area contributed by atoms with E-state index in [1.54, 1.807) is 43.3 Å². The Bertz CT molecular complexity index is 1630. The van der Waals surface area contributed by atoms with Crippen LogP contribution < -0.4 is 9.62 Å². The Hall–Kier alpha value is -4.14. The quantitative estimate of drug-likeness (QED) is 0.211. The van der Waals surface area contributed by atoms with Crippen LogP contribution in [0.1, 0.15) is 30.5 Å². The van der Waals surface area contributed by atoms with E-state index in [1.165, 1.54) is 17.0 Å². The number of hydrogen-bond acceptors (Lipinski definition) is 4. The molecule has 0 saturated heterocycles. The molecule has 0 radical (unpaired) electrons. The lowest BCUT2D eigenvalue weighted by molar-refractivity contribution is -0.140. The van der Waals surface area contributed by atoms with Gasteiger partial charge >= 0.3 is 0 Å². The van der Waals surface area contributed by atoms with Gasteiger partial charge in [0.05, 0.1) is 10.6 Å². The van der Waals surface area contributed by atoms with E-state index in [1.807, 2.05) is 74.5 Å². The van der Waals surface area contributed by atoms with E-state index < -0.39 is 28.5 Å². The molecule has 43 heavy (non-hydrogen) atoms. The normalized spacial score (nSPS) is 12.0. The number of aryl methyl sites for hydroxylation is 1. The number of nitrogens with zero attached hydrogens (tertiary/aromatic N) is 2. The summed E-state index contributed by atoms with van der Waals surface area (Å²) in [5.74, 6) is -0.833. The predicted octanol–water partition coefficient (Wildman–Crippen LogP) is 6.01. The fourth-order valence-electron chi connectivity index (χ4n) is 4.85. The molecule has 0 aliphatic carbocycles. The lowest BCUT2D eigenvalue weighted by atomic mass is 10.0. The van der Waals surface area contributed by atoms with E-state index in [0.29, 0.717) is 16.3 Å². The number of halogens is 1. The van der Waals surface area contributed by atoms with Gasteiger partial charge in [-0.3, -0.25) is 13.9 Å². The van der Waals surface area contributed by atoms with Crippen LogP contribution in [-0.4, -0.2) is 43.8 Å². The minimum atomic E-state index is -4.17. The average Bonchev–Trinajstić information content (AvgIpc) is 2.99. The molecule has 0 saturated carbocycles. The number of amides is 2. The molecular weight excluding hydrogens is 582 g/mol. The van der Waals surface area contributed by atoms with Crippen molar-refractivity contribution >= 4 is 39.1 Å². The Morgan fingerprint density at radius 1 is 0.814 bits per heavy atom. The molecular formula is C34H36ClN3O4S. The Balaban J connectivity index is 1.81. The van der Waals surface area contributed by atoms with Crippen LogP contribution in [0.25, 0.3) is 0 Å². The van der Waals surface area contributed by atoms with E-state index in [4.69, 9.17) is 11.6 Å². The second-order valence-corrected chi connectivity index (χ2v) is 12.9. The van der Waals surface area contributed by atoms with Crippen LogP contribution >= 0.6 is 11.6 Å². The lowest BCUT2D eigenvalue weighted by Gasteiger charge is -2.34. The third kappa shape index (κ3) is 8.24. The maximum atomic E-state index is 14.4. The summed E-state index contributed by atoms with van der Waals surface area (Å²) < 4.78 is 29.2. The largest absolute Gasteiger partial charge is 0.352 e. The molecule has 4 rings (SSSR count). The fourth-order valence-corrected chi connectivity index (χ4v) is 6.57. The molecule has 1 N–H and O–H groups in total. The standard InChI is InChI=1S/C34H36ClN3O4S/c1-25(2)36-34(40)32(22-27-13-7-4-8-14-27)37(23-28-15-9-5-10-16-28)33(39)24-38(31-20-19-29(35)21-26(31)3)43(41,42)30-17-11-6-12-18-30/h4-21,25,32H,22-24H2,1-3H3,(H,36,40)/t32-/m0/s1. The summed E-state index contributed by atoms with van der Waals surface area (Å²) in [4.78, 5) is 29.7. The van der Waals surface area contributed by atoms with Gasteiger partial charge in [-0.25, -0.2) is 8.42 Å². The van der Waals surface area contributed by atoms with E-state index in [0.717, 1.165) is 15.4 Å². The number of carbonyl (C=O) groups excluding carboxylic acids is 2. The highest BCUT2D eigenvalue weighted by Crippen LogP contribution is 2.29. The first kappa shape index (κ1) is 31.8. The molecule has 0 aromatic heterocycles. The summed E-state index contributed by atoms with van der Waals surface area (Å²) in [6.45, 7) is 5.06. The van der Waals surface area contributed by atoms with Gasteiger partial charge in [0.1, 0.15) is 12.6 Å². The van der Waals surface area contributed by atoms with E-state index in [9.17, 15) is 18.0 Å². The number of hydrogen-bond donors (Lipinski definition) is 1. The van der Waals surface area contributed by atoms with Gasteiger partial charge in [0.15, 0.2) is 0 Å². The number of rotatable bonds is 12. The van der Waals surface area contributed by atoms with Crippen molar-refractivity contribution in [2.75, 3.05) is 10.8 Å². The molecule has 0 heterocycles. The maximum absolute atomic E-state index is 14.4. The van der Waals surface area contributed by atoms with Crippen molar-refractivity contribution in [2.24, 2.45) is 0 Å². The van der Waals surface area contributed by atoms with Gasteiger partial charge in [-0.15, -0.1) is 0 Å². The molecule has 0 aliphatic rings. The minimum Gasteiger partial charge on any atom is -0.352 e. The number of nitrogens with one attached hydrogen (secondary N) is 1. The molecule has 0 fully saturated rings. The first-order chi connectivity index (χ1) is 20.6. The van der Waals surface area contributed by atoms with E-state index in [2.05, 4.69) is 5.32 Å². The second-order valence-electron chi connectivity index (χ2n) is 10.6. The molecule has 4 aromatic carbocycles. The molecule has 9 heteroatoms. The zero-order chi connectivity index (χ0) is 31.0. The molecule has 2 amide bonds. The smallest absolute Gasteiger partial charge is 0.264 e. The number of sulfonamides is 1. The zero-order valence-electron chi connectivity index (χ0n) is 24.5. The fraction of sp³-hybridized carbons (Fsp3) is 0.235. The van der Waals surface area contributed by atoms with Crippen molar-refractivity contribution in [2.45, 2.75) is 50.7 Å². The predicted molar refractivity (Wildman–Crippen MR) is 171 cm³/mol. The van der Waals surface area contributed by atoms with Gasteiger partial charge in [0.2, 0.25) is 11.8 Å². The first-order valence-electron chi connectivity index (χ1n) is 14.1. The topological polar surface area (TPSA) is 86.8 Å². The first-order valence-corrected chi connectivity index (χ1v) is 15.9. The molecule has 1 atom stereocenters. The third-order valence-corrected chi connectivity index (χ3v) is 8.94. The van der Waals surface area contributed by atoms with Crippen molar-refractivity contribution in [1.82, 2.24) is 10.2 Å². The van der Waals surface area contributed by atoms with Crippen molar-refractivity contribution in [3.05, 3.63) is 131 Å². The van der Waals surface area contributed by atoms with Gasteiger partial charge < -0.3 is 10.2 Å². The lowest BCUT2D eigenvalue weighted by Crippen LogP contribution is -2.54. The van der Waals surface area contributed by atoms with Gasteiger partial charge in [-0.1, -0.05) is 90.5 Å². The third-order valence-electron chi connectivity index (χ3n) is 6.94. The van der Waals surface area contributed by atoms with Crippen LogP contribution in [0.4, 0.5) is 5.69 Å². The van der Waals surface area contributed by atoms with Crippen LogP contribution in [0.3, 0.4) is 0 Å². The highest BCUT2D eigenvalue weighted by atomic mass is 35.5. The van der Waals surface area contributed by atoms with Crippen molar-refractivity contribution in [3.63, 3.8) is 0 Å². The Kier molecular flexibility index (Phi) is 10.6. The average molecular weight is 618 g/mol. The number of benzene rings is 4. The van der Waals surface area contributed by atoms with Crippen LogP contribution in [0.15, 0.2) is 114 Å². The van der Waals surface area contributed by atoms with Crippen LogP contribution in [0, 0.1) is 6.92 Å². The molecule has 0 bridgehead atoms. The summed E-state index contributed by atoms with van der Waals surface area (Å²) in [6, 6.07) is 30.6. The van der Waals surface area contributed by atoms with Gasteiger partial charge in [0.25, 0.3) is 10.0 Å². The highest BCUT2D eigenvalue weighted by Gasteiger charge is 2.35. The number of anilines is 1. The van der Waals surface area contributed by atoms with Crippen molar-refractivity contribution < 1.29 is 18.0 Å². The van der Waals surface area contributed by atoms with E-state index >= 15 is 0 Å². The molecule has 224 valence electrons. The highest BCUT2D eigenvalue weighted by molar-refractivity contribution is 7.92. The van der Waals surface area contributed by atoms with Crippen LogP contribution in [0.5, 0.6) is 0 Å². The number of carbonyl (C=O) groups is 2. The minimum absolute atomic E-state index is 0.0464. The summed E-state index contributed by atoms with van der Waals surface area (Å²) in [6.07, 6.45) is 0.253. The summed E-state index contributed by atoms with van der Waals surface area (Å²) in [5.41, 5.74) is 2.60. The van der Waals surface area contributed by atoms with Gasteiger partial charge in [-0.2, -0.15) is 0 Å². The molecule has 0 aliphatic heterocycles. The summed E-state index contributed by atoms with van der Waals surface area (Å²) in [7, 11) is -4.17. The molecule has 4 aromatic rings. The molecule has 0 spiro atoms. The SMILES string of the molecule is Cc1cc(Cl)ccc1N(CC(=O)N(Cc1ccccc1)[C@@H](Cc1ccccc1)C(=O)NC(C)C)S(=O)(=O)c1ccccc1. The van der Waals surface area contributed by atoms with E-state index in [-0.39, 0.29) is 29.8 Å². The van der Waals surface area contributed by atoms with Crippen LogP contribution in [-0.2, 0) is 32.6 Å². The van der Waals surface area contributed by atoms with Crippen molar-refractivity contribution in [3.8, 4) is 0 Å². The van der Waals surface area contributed by atoms with Gasteiger partial charge in [-0.05, 0) is 67.8 Å². The summed E-state index contributed by atoms with van der Waals surface area (Å²) in [5, 5.41) is 3.41. The summed E-state index contributed by atoms with van der Waals surface area (Å²) >= 11 is 6.21. The van der Waals surface area contributed by atoms with Crippen molar-refractivity contribution in [1.29, 1.82) is 0 Å². The van der Waals surface area contributed by atoms with Gasteiger partial charge in [0, 0.05) is 24.0 Å². The zero-order valence-corrected chi connectivity index (χ0v) is 26.1. The van der Waals surface area contributed by atoms with Crippen LogP contribution in [0.2, 0.25) is 5.02 Å². The Labute approximate surface area is 259 Å². The maximum Gasteiger partial charge on any atom is 0.264 e. The second kappa shape index (κ2) is 14.4. The molecule has 0 unspecified atom stereocenters. The molecule has 7 nitrogen and oxygen atoms in total. The Morgan fingerprint density at radius 2 is 1.37 bits per heavy atom. The monoisotopic (exact) mass is 617 g/mol. The Morgan fingerprint density at radius 3 is 1.93 bits per heavy atom.